The number of aromatic nitrogens is 2. The molecule has 0 saturated carbocycles. The molecular weight excluding hydrogens is 371 g/mol. The predicted molar refractivity (Wildman–Crippen MR) is 101 cm³/mol. The second-order valence-corrected chi connectivity index (χ2v) is 6.85. The molecule has 0 aliphatic carbocycles. The van der Waals surface area contributed by atoms with E-state index in [4.69, 9.17) is 22.1 Å². The van der Waals surface area contributed by atoms with Crippen LogP contribution in [0.1, 0.15) is 16.2 Å². The van der Waals surface area contributed by atoms with Gasteiger partial charge in [-0.2, -0.15) is 0 Å². The van der Waals surface area contributed by atoms with Crippen LogP contribution in [0, 0.1) is 12.7 Å². The van der Waals surface area contributed by atoms with Crippen molar-refractivity contribution in [2.75, 3.05) is 32.0 Å². The first-order valence-corrected chi connectivity index (χ1v) is 8.95. The third-order valence-electron chi connectivity index (χ3n) is 4.70. The van der Waals surface area contributed by atoms with Gasteiger partial charge in [-0.05, 0) is 37.3 Å². The van der Waals surface area contributed by atoms with Crippen LogP contribution in [0.15, 0.2) is 30.3 Å². The van der Waals surface area contributed by atoms with Crippen molar-refractivity contribution in [2.24, 2.45) is 0 Å². The molecule has 0 radical (unpaired) electrons. The van der Waals surface area contributed by atoms with E-state index in [1.807, 2.05) is 13.0 Å². The number of ether oxygens (including phenoxy) is 1. The Morgan fingerprint density at radius 1 is 1.26 bits per heavy atom. The number of benzene rings is 1. The van der Waals surface area contributed by atoms with Crippen molar-refractivity contribution in [3.8, 4) is 11.3 Å². The van der Waals surface area contributed by atoms with Crippen LogP contribution in [0.4, 0.5) is 10.2 Å². The fourth-order valence-corrected chi connectivity index (χ4v) is 3.52. The Morgan fingerprint density at radius 2 is 2.00 bits per heavy atom. The van der Waals surface area contributed by atoms with Crippen molar-refractivity contribution >= 4 is 28.8 Å². The number of hydrogen-bond donors (Lipinski definition) is 1. The fraction of sp³-hybridized carbons (Fsp3) is 0.263. The molecule has 1 fully saturated rings. The number of aryl methyl sites for hydroxylation is 1. The van der Waals surface area contributed by atoms with Crippen molar-refractivity contribution in [2.45, 2.75) is 6.92 Å². The SMILES string of the molecule is Cc1ccc2c(N)nc(-c3cc(Cl)ccc3F)c(C(=O)N3CCOCC3)n12. The van der Waals surface area contributed by atoms with Crippen LogP contribution in [0.5, 0.6) is 0 Å². The Labute approximate surface area is 160 Å². The number of rotatable bonds is 2. The van der Waals surface area contributed by atoms with E-state index in [9.17, 15) is 9.18 Å². The van der Waals surface area contributed by atoms with Gasteiger partial charge in [-0.15, -0.1) is 0 Å². The van der Waals surface area contributed by atoms with E-state index < -0.39 is 5.82 Å². The van der Waals surface area contributed by atoms with Crippen molar-refractivity contribution in [1.29, 1.82) is 0 Å². The second-order valence-electron chi connectivity index (χ2n) is 6.42. The molecule has 0 atom stereocenters. The van der Waals surface area contributed by atoms with Crippen LogP contribution in [0.3, 0.4) is 0 Å². The van der Waals surface area contributed by atoms with Gasteiger partial charge in [-0.3, -0.25) is 4.79 Å². The van der Waals surface area contributed by atoms with E-state index in [0.717, 1.165) is 5.69 Å². The van der Waals surface area contributed by atoms with Crippen molar-refractivity contribution in [3.63, 3.8) is 0 Å². The topological polar surface area (TPSA) is 72.9 Å². The highest BCUT2D eigenvalue weighted by Gasteiger charge is 2.28. The number of hydrogen-bond acceptors (Lipinski definition) is 4. The van der Waals surface area contributed by atoms with E-state index in [1.165, 1.54) is 18.2 Å². The smallest absolute Gasteiger partial charge is 0.273 e. The number of carbonyl (C=O) groups excluding carboxylic acids is 1. The van der Waals surface area contributed by atoms with Gasteiger partial charge < -0.3 is 19.8 Å². The minimum atomic E-state index is -0.522. The highest BCUT2D eigenvalue weighted by molar-refractivity contribution is 6.30. The summed E-state index contributed by atoms with van der Waals surface area (Å²) in [6.45, 7) is 3.71. The summed E-state index contributed by atoms with van der Waals surface area (Å²) in [6, 6.07) is 7.81. The maximum Gasteiger partial charge on any atom is 0.273 e. The quantitative estimate of drug-likeness (QED) is 0.732. The lowest BCUT2D eigenvalue weighted by molar-refractivity contribution is 0.0298. The van der Waals surface area contributed by atoms with Gasteiger partial charge in [-0.1, -0.05) is 11.6 Å². The molecule has 8 heteroatoms. The highest BCUT2D eigenvalue weighted by atomic mass is 35.5. The van der Waals surface area contributed by atoms with E-state index in [2.05, 4.69) is 4.98 Å². The van der Waals surface area contributed by atoms with Gasteiger partial charge in [0.2, 0.25) is 0 Å². The van der Waals surface area contributed by atoms with Crippen LogP contribution in [0.25, 0.3) is 16.8 Å². The largest absolute Gasteiger partial charge is 0.382 e. The Morgan fingerprint density at radius 3 is 2.74 bits per heavy atom. The number of anilines is 1. The van der Waals surface area contributed by atoms with Gasteiger partial charge in [0.25, 0.3) is 5.91 Å². The van der Waals surface area contributed by atoms with Crippen LogP contribution in [-0.4, -0.2) is 46.5 Å². The first kappa shape index (κ1) is 17.8. The van der Waals surface area contributed by atoms with Gasteiger partial charge in [-0.25, -0.2) is 9.37 Å². The van der Waals surface area contributed by atoms with Crippen LogP contribution < -0.4 is 5.73 Å². The molecule has 3 aromatic rings. The first-order chi connectivity index (χ1) is 13.0. The number of fused-ring (bicyclic) bond motifs is 1. The molecule has 1 saturated heterocycles. The molecule has 2 N–H and O–H groups in total. The summed E-state index contributed by atoms with van der Waals surface area (Å²) in [7, 11) is 0. The number of nitrogens with zero attached hydrogens (tertiary/aromatic N) is 3. The number of morpholine rings is 1. The lowest BCUT2D eigenvalue weighted by Crippen LogP contribution is -2.41. The first-order valence-electron chi connectivity index (χ1n) is 8.57. The summed E-state index contributed by atoms with van der Waals surface area (Å²) in [5.41, 5.74) is 8.11. The van der Waals surface area contributed by atoms with Crippen LogP contribution >= 0.6 is 11.6 Å². The van der Waals surface area contributed by atoms with E-state index in [0.29, 0.717) is 36.8 Å². The molecule has 1 aliphatic heterocycles. The lowest BCUT2D eigenvalue weighted by Gasteiger charge is -2.28. The summed E-state index contributed by atoms with van der Waals surface area (Å²) in [4.78, 5) is 19.4. The molecule has 1 amide bonds. The van der Waals surface area contributed by atoms with Crippen molar-refractivity contribution < 1.29 is 13.9 Å². The monoisotopic (exact) mass is 388 g/mol. The minimum absolute atomic E-state index is 0.140. The molecule has 4 rings (SSSR count). The molecule has 27 heavy (non-hydrogen) atoms. The molecule has 0 unspecified atom stereocenters. The van der Waals surface area contributed by atoms with Crippen molar-refractivity contribution in [1.82, 2.24) is 14.3 Å². The zero-order valence-electron chi connectivity index (χ0n) is 14.7. The molecule has 1 aliphatic rings. The number of amides is 1. The maximum absolute atomic E-state index is 14.6. The van der Waals surface area contributed by atoms with Crippen LogP contribution in [-0.2, 0) is 4.74 Å². The molecule has 2 aromatic heterocycles. The van der Waals surface area contributed by atoms with Gasteiger partial charge in [0.05, 0.1) is 18.7 Å². The average Bonchev–Trinajstić information content (AvgIpc) is 3.06. The Hall–Kier alpha value is -2.64. The van der Waals surface area contributed by atoms with E-state index in [1.54, 1.807) is 15.4 Å². The standard InChI is InChI=1S/C19H18ClFN4O2/c1-11-2-5-15-18(22)23-16(13-10-12(20)3-4-14(13)21)17(25(11)15)19(26)24-6-8-27-9-7-24/h2-5,10H,6-9H2,1H3,(H2,22,23). The number of carbonyl (C=O) groups is 1. The minimum Gasteiger partial charge on any atom is -0.382 e. The molecule has 3 heterocycles. The summed E-state index contributed by atoms with van der Waals surface area (Å²) < 4.78 is 21.7. The average molecular weight is 389 g/mol. The summed E-state index contributed by atoms with van der Waals surface area (Å²) >= 11 is 6.07. The highest BCUT2D eigenvalue weighted by Crippen LogP contribution is 2.32. The predicted octanol–water partition coefficient (Wildman–Crippen LogP) is 3.16. The number of halogens is 2. The molecule has 1 aromatic carbocycles. The van der Waals surface area contributed by atoms with E-state index >= 15 is 0 Å². The zero-order chi connectivity index (χ0) is 19.1. The molecular formula is C19H18ClFN4O2. The second kappa shape index (κ2) is 6.83. The molecule has 0 bridgehead atoms. The normalized spacial score (nSPS) is 14.7. The van der Waals surface area contributed by atoms with Gasteiger partial charge in [0, 0.05) is 29.4 Å². The lowest BCUT2D eigenvalue weighted by atomic mass is 10.1. The summed E-state index contributed by atoms with van der Waals surface area (Å²) in [5.74, 6) is -0.549. The Bertz CT molecular complexity index is 1040. The van der Waals surface area contributed by atoms with Crippen LogP contribution in [0.2, 0.25) is 5.02 Å². The summed E-state index contributed by atoms with van der Waals surface area (Å²) in [5, 5.41) is 0.348. The summed E-state index contributed by atoms with van der Waals surface area (Å²) in [6.07, 6.45) is 0. The maximum atomic E-state index is 14.6. The molecule has 140 valence electrons. The molecule has 6 nitrogen and oxygen atoms in total. The zero-order valence-corrected chi connectivity index (χ0v) is 15.5. The van der Waals surface area contributed by atoms with Gasteiger partial charge in [0.15, 0.2) is 0 Å². The third-order valence-corrected chi connectivity index (χ3v) is 4.94. The fourth-order valence-electron chi connectivity index (χ4n) is 3.35. The van der Waals surface area contributed by atoms with E-state index in [-0.39, 0.29) is 28.7 Å². The van der Waals surface area contributed by atoms with Gasteiger partial charge in [0.1, 0.15) is 23.0 Å². The number of nitrogen functional groups attached to an aromatic ring is 1. The Balaban J connectivity index is 2.01. The van der Waals surface area contributed by atoms with Crippen molar-refractivity contribution in [3.05, 3.63) is 52.6 Å². The third kappa shape index (κ3) is 3.02. The molecule has 0 spiro atoms. The number of nitrogens with two attached hydrogens (primary N) is 1. The van der Waals surface area contributed by atoms with Gasteiger partial charge >= 0.3 is 0 Å². The Kier molecular flexibility index (Phi) is 4.49.